The van der Waals surface area contributed by atoms with Gasteiger partial charge in [-0.1, -0.05) is 6.58 Å². The Balaban J connectivity index is 3.11. The Morgan fingerprint density at radius 3 is 3.09 bits per heavy atom. The van der Waals surface area contributed by atoms with Crippen LogP contribution >= 0.6 is 0 Å². The summed E-state index contributed by atoms with van der Waals surface area (Å²) in [6.45, 7) is 5.51. The van der Waals surface area contributed by atoms with Crippen LogP contribution in [-0.4, -0.2) is 11.2 Å². The maximum atomic E-state index is 4.12. The standard InChI is InChI=1S/C9H10N2/c1-3-8-9(10-4-2)6-5-7-11-8/h3-7H,1H2,2H3. The molecule has 1 aromatic rings. The number of hydrogen-bond donors (Lipinski definition) is 0. The highest BCUT2D eigenvalue weighted by molar-refractivity contribution is 5.66. The zero-order valence-corrected chi connectivity index (χ0v) is 6.49. The fourth-order valence-electron chi connectivity index (χ4n) is 0.815. The largest absolute Gasteiger partial charge is 0.259 e. The van der Waals surface area contributed by atoms with Gasteiger partial charge in [0, 0.05) is 12.4 Å². The third-order valence-corrected chi connectivity index (χ3v) is 1.28. The van der Waals surface area contributed by atoms with Crippen molar-refractivity contribution in [3.05, 3.63) is 30.6 Å². The maximum Gasteiger partial charge on any atom is 0.0882 e. The van der Waals surface area contributed by atoms with E-state index in [1.54, 1.807) is 18.5 Å². The summed E-state index contributed by atoms with van der Waals surface area (Å²) in [5.41, 5.74) is 1.69. The summed E-state index contributed by atoms with van der Waals surface area (Å²) >= 11 is 0. The minimum Gasteiger partial charge on any atom is -0.259 e. The molecule has 1 heterocycles. The minimum atomic E-state index is 0.825. The van der Waals surface area contributed by atoms with Crippen LogP contribution in [-0.2, 0) is 0 Å². The Kier molecular flexibility index (Phi) is 2.55. The van der Waals surface area contributed by atoms with Gasteiger partial charge in [-0.15, -0.1) is 0 Å². The Labute approximate surface area is 66.3 Å². The van der Waals surface area contributed by atoms with Crippen LogP contribution in [0.25, 0.3) is 6.08 Å². The summed E-state index contributed by atoms with van der Waals surface area (Å²) in [7, 11) is 0. The predicted molar refractivity (Wildman–Crippen MR) is 48.2 cm³/mol. The summed E-state index contributed by atoms with van der Waals surface area (Å²) in [6.07, 6.45) is 5.16. The normalized spacial score (nSPS) is 10.3. The van der Waals surface area contributed by atoms with Crippen LogP contribution in [0.4, 0.5) is 5.69 Å². The van der Waals surface area contributed by atoms with Gasteiger partial charge in [0.05, 0.1) is 11.4 Å². The van der Waals surface area contributed by atoms with Gasteiger partial charge in [-0.05, 0) is 25.1 Å². The second-order valence-corrected chi connectivity index (χ2v) is 2.00. The lowest BCUT2D eigenvalue weighted by Gasteiger charge is -1.95. The molecule has 0 unspecified atom stereocenters. The van der Waals surface area contributed by atoms with Crippen molar-refractivity contribution in [3.63, 3.8) is 0 Å². The fraction of sp³-hybridized carbons (Fsp3) is 0.111. The molecule has 2 nitrogen and oxygen atoms in total. The van der Waals surface area contributed by atoms with Gasteiger partial charge in [0.15, 0.2) is 0 Å². The number of aliphatic imine (C=N–C) groups is 1. The third kappa shape index (κ3) is 1.74. The van der Waals surface area contributed by atoms with Gasteiger partial charge >= 0.3 is 0 Å². The molecule has 0 aliphatic rings. The lowest BCUT2D eigenvalue weighted by atomic mass is 10.3. The molecule has 0 amide bonds. The zero-order valence-electron chi connectivity index (χ0n) is 6.49. The van der Waals surface area contributed by atoms with E-state index in [4.69, 9.17) is 0 Å². The molecule has 0 saturated heterocycles. The first-order valence-electron chi connectivity index (χ1n) is 3.44. The number of pyridine rings is 1. The van der Waals surface area contributed by atoms with Crippen LogP contribution in [0.15, 0.2) is 29.9 Å². The van der Waals surface area contributed by atoms with Gasteiger partial charge in [0.25, 0.3) is 0 Å². The second kappa shape index (κ2) is 3.66. The zero-order chi connectivity index (χ0) is 8.10. The van der Waals surface area contributed by atoms with Gasteiger partial charge in [0.1, 0.15) is 0 Å². The van der Waals surface area contributed by atoms with E-state index >= 15 is 0 Å². The highest BCUT2D eigenvalue weighted by Crippen LogP contribution is 2.15. The average molecular weight is 146 g/mol. The Morgan fingerprint density at radius 2 is 2.45 bits per heavy atom. The van der Waals surface area contributed by atoms with Crippen molar-refractivity contribution in [1.82, 2.24) is 4.98 Å². The summed E-state index contributed by atoms with van der Waals surface area (Å²) in [4.78, 5) is 8.20. The van der Waals surface area contributed by atoms with Crippen molar-refractivity contribution >= 4 is 18.0 Å². The Hall–Kier alpha value is -1.44. The third-order valence-electron chi connectivity index (χ3n) is 1.28. The molecule has 0 saturated carbocycles. The molecule has 0 fully saturated rings. The van der Waals surface area contributed by atoms with E-state index in [2.05, 4.69) is 16.6 Å². The molecule has 0 aliphatic heterocycles. The van der Waals surface area contributed by atoms with E-state index in [0.717, 1.165) is 11.4 Å². The number of rotatable bonds is 2. The Morgan fingerprint density at radius 1 is 1.64 bits per heavy atom. The monoisotopic (exact) mass is 146 g/mol. The van der Waals surface area contributed by atoms with Crippen LogP contribution in [0.1, 0.15) is 12.6 Å². The first-order valence-corrected chi connectivity index (χ1v) is 3.44. The van der Waals surface area contributed by atoms with Crippen molar-refractivity contribution in [2.45, 2.75) is 6.92 Å². The molecule has 1 aromatic heterocycles. The smallest absolute Gasteiger partial charge is 0.0882 e. The summed E-state index contributed by atoms with van der Waals surface area (Å²) in [5, 5.41) is 0. The number of aromatic nitrogens is 1. The molecule has 2 heteroatoms. The molecule has 11 heavy (non-hydrogen) atoms. The van der Waals surface area contributed by atoms with Crippen LogP contribution in [0.5, 0.6) is 0 Å². The van der Waals surface area contributed by atoms with E-state index in [0.29, 0.717) is 0 Å². The van der Waals surface area contributed by atoms with Crippen LogP contribution in [0.2, 0.25) is 0 Å². The number of nitrogens with zero attached hydrogens (tertiary/aromatic N) is 2. The van der Waals surface area contributed by atoms with Crippen molar-refractivity contribution in [2.75, 3.05) is 0 Å². The van der Waals surface area contributed by atoms with Gasteiger partial charge in [-0.25, -0.2) is 0 Å². The summed E-state index contributed by atoms with van der Waals surface area (Å²) in [5.74, 6) is 0. The molecule has 0 N–H and O–H groups in total. The molecule has 0 spiro atoms. The van der Waals surface area contributed by atoms with Crippen LogP contribution in [0, 0.1) is 0 Å². The lowest BCUT2D eigenvalue weighted by molar-refractivity contribution is 1.28. The van der Waals surface area contributed by atoms with Crippen LogP contribution < -0.4 is 0 Å². The SMILES string of the molecule is C=Cc1ncccc1N=CC. The molecule has 0 aromatic carbocycles. The molecule has 0 radical (unpaired) electrons. The van der Waals surface area contributed by atoms with E-state index in [1.165, 1.54) is 0 Å². The summed E-state index contributed by atoms with van der Waals surface area (Å²) < 4.78 is 0. The van der Waals surface area contributed by atoms with Crippen molar-refractivity contribution in [1.29, 1.82) is 0 Å². The highest BCUT2D eigenvalue weighted by Gasteiger charge is 1.93. The maximum absolute atomic E-state index is 4.12. The number of hydrogen-bond acceptors (Lipinski definition) is 2. The van der Waals surface area contributed by atoms with Crippen molar-refractivity contribution < 1.29 is 0 Å². The molecule has 1 rings (SSSR count). The second-order valence-electron chi connectivity index (χ2n) is 2.00. The van der Waals surface area contributed by atoms with E-state index in [1.807, 2.05) is 19.1 Å². The highest BCUT2D eigenvalue weighted by atomic mass is 14.8. The predicted octanol–water partition coefficient (Wildman–Crippen LogP) is 2.45. The van der Waals surface area contributed by atoms with E-state index < -0.39 is 0 Å². The average Bonchev–Trinajstić information content (AvgIpc) is 2.06. The van der Waals surface area contributed by atoms with Crippen LogP contribution in [0.3, 0.4) is 0 Å². The van der Waals surface area contributed by atoms with Crippen molar-refractivity contribution in [3.8, 4) is 0 Å². The Bertz CT molecular complexity index is 277. The molecule has 0 aliphatic carbocycles. The van der Waals surface area contributed by atoms with E-state index in [9.17, 15) is 0 Å². The molecular weight excluding hydrogens is 136 g/mol. The minimum absolute atomic E-state index is 0.825. The molecule has 0 bridgehead atoms. The molecule has 0 atom stereocenters. The lowest BCUT2D eigenvalue weighted by Crippen LogP contribution is -1.78. The van der Waals surface area contributed by atoms with E-state index in [-0.39, 0.29) is 0 Å². The quantitative estimate of drug-likeness (QED) is 0.588. The first kappa shape index (κ1) is 7.66. The first-order chi connectivity index (χ1) is 5.38. The van der Waals surface area contributed by atoms with Gasteiger partial charge in [0.2, 0.25) is 0 Å². The topological polar surface area (TPSA) is 25.2 Å². The van der Waals surface area contributed by atoms with Gasteiger partial charge in [-0.2, -0.15) is 0 Å². The van der Waals surface area contributed by atoms with Gasteiger partial charge < -0.3 is 0 Å². The summed E-state index contributed by atoms with van der Waals surface area (Å²) in [6, 6.07) is 3.76. The van der Waals surface area contributed by atoms with Gasteiger partial charge in [-0.3, -0.25) is 9.98 Å². The molecular formula is C9H10N2. The fourth-order valence-corrected chi connectivity index (χ4v) is 0.815. The molecule has 56 valence electrons. The van der Waals surface area contributed by atoms with Crippen molar-refractivity contribution in [2.24, 2.45) is 4.99 Å².